The Morgan fingerprint density at radius 2 is 1.93 bits per heavy atom. The van der Waals surface area contributed by atoms with E-state index in [0.717, 1.165) is 12.8 Å². The first kappa shape index (κ1) is 20.2. The molecule has 2 aromatic rings. The van der Waals surface area contributed by atoms with Crippen LogP contribution in [0.4, 0.5) is 0 Å². The maximum atomic E-state index is 12.8. The number of carbonyl (C=O) groups is 2. The molecule has 2 amide bonds. The second-order valence-electron chi connectivity index (χ2n) is 6.83. The Morgan fingerprint density at radius 1 is 1.18 bits per heavy atom. The zero-order chi connectivity index (χ0) is 20.1. The fourth-order valence-corrected chi connectivity index (χ4v) is 3.34. The second kappa shape index (κ2) is 9.10. The molecule has 1 aromatic carbocycles. The Bertz CT molecular complexity index is 852. The number of halogens is 1. The highest BCUT2D eigenvalue weighted by Crippen LogP contribution is 2.25. The number of hydrogen-bond acceptors (Lipinski definition) is 5. The van der Waals surface area contributed by atoms with Crippen LogP contribution in [0.5, 0.6) is 5.75 Å². The average Bonchev–Trinajstić information content (AvgIpc) is 3.11. The van der Waals surface area contributed by atoms with Crippen LogP contribution in [0, 0.1) is 6.92 Å². The first-order valence-corrected chi connectivity index (χ1v) is 9.72. The predicted octanol–water partition coefficient (Wildman–Crippen LogP) is 3.41. The van der Waals surface area contributed by atoms with Gasteiger partial charge in [0, 0.05) is 31.7 Å². The van der Waals surface area contributed by atoms with E-state index in [4.69, 9.17) is 20.8 Å². The monoisotopic (exact) mass is 405 g/mol. The van der Waals surface area contributed by atoms with E-state index in [-0.39, 0.29) is 11.8 Å². The number of hydrogen-bond donors (Lipinski definition) is 0. The summed E-state index contributed by atoms with van der Waals surface area (Å²) in [6.45, 7) is 3.82. The van der Waals surface area contributed by atoms with Crippen LogP contribution in [0.25, 0.3) is 0 Å². The predicted molar refractivity (Wildman–Crippen MR) is 105 cm³/mol. The number of nitrogens with zero attached hydrogens (tertiary/aromatic N) is 3. The van der Waals surface area contributed by atoms with E-state index < -0.39 is 0 Å². The van der Waals surface area contributed by atoms with Gasteiger partial charge in [0.15, 0.2) is 12.1 Å². The summed E-state index contributed by atoms with van der Waals surface area (Å²) in [6.07, 6.45) is 3.48. The molecule has 0 radical (unpaired) electrons. The summed E-state index contributed by atoms with van der Waals surface area (Å²) in [5.74, 6) is 0.756. The molecular weight excluding hydrogens is 382 g/mol. The smallest absolute Gasteiger partial charge is 0.276 e. The van der Waals surface area contributed by atoms with Crippen molar-refractivity contribution in [3.63, 3.8) is 0 Å². The average molecular weight is 406 g/mol. The molecule has 0 aliphatic carbocycles. The second-order valence-corrected chi connectivity index (χ2v) is 7.26. The summed E-state index contributed by atoms with van der Waals surface area (Å²) in [6, 6.07) is 5.05. The molecule has 0 atom stereocenters. The van der Waals surface area contributed by atoms with Crippen molar-refractivity contribution in [1.29, 1.82) is 0 Å². The van der Waals surface area contributed by atoms with E-state index in [1.54, 1.807) is 42.0 Å². The zero-order valence-electron chi connectivity index (χ0n) is 16.1. The molecule has 150 valence electrons. The van der Waals surface area contributed by atoms with Crippen molar-refractivity contribution >= 4 is 23.4 Å². The molecule has 1 aliphatic heterocycles. The van der Waals surface area contributed by atoms with Crippen molar-refractivity contribution in [3.05, 3.63) is 46.6 Å². The number of carbonyl (C=O) groups excluding carboxylic acids is 2. The van der Waals surface area contributed by atoms with E-state index in [0.29, 0.717) is 60.5 Å². The van der Waals surface area contributed by atoms with Gasteiger partial charge in [-0.2, -0.15) is 0 Å². The molecule has 0 saturated heterocycles. The van der Waals surface area contributed by atoms with Gasteiger partial charge in [0.25, 0.3) is 11.8 Å². The Kier molecular flexibility index (Phi) is 6.57. The summed E-state index contributed by atoms with van der Waals surface area (Å²) in [7, 11) is 1.76. The van der Waals surface area contributed by atoms with E-state index in [2.05, 4.69) is 4.98 Å². The number of rotatable bonds is 1. The topological polar surface area (TPSA) is 75.9 Å². The zero-order valence-corrected chi connectivity index (χ0v) is 16.9. The lowest BCUT2D eigenvalue weighted by molar-refractivity contribution is 0.0729. The number of aryl methyl sites for hydroxylation is 1. The van der Waals surface area contributed by atoms with Gasteiger partial charge in [-0.25, -0.2) is 4.98 Å². The lowest BCUT2D eigenvalue weighted by atomic mass is 10.1. The maximum absolute atomic E-state index is 12.8. The number of ether oxygens (including phenoxy) is 1. The van der Waals surface area contributed by atoms with Crippen molar-refractivity contribution in [2.75, 3.05) is 33.3 Å². The van der Waals surface area contributed by atoms with E-state index >= 15 is 0 Å². The van der Waals surface area contributed by atoms with Crippen LogP contribution >= 0.6 is 11.6 Å². The largest absolute Gasteiger partial charge is 0.493 e. The lowest BCUT2D eigenvalue weighted by Crippen LogP contribution is -2.34. The van der Waals surface area contributed by atoms with Crippen LogP contribution in [0.15, 0.2) is 29.0 Å². The Labute approximate surface area is 169 Å². The molecule has 0 fully saturated rings. The summed E-state index contributed by atoms with van der Waals surface area (Å²) in [5, 5.41) is 0.494. The minimum Gasteiger partial charge on any atom is -0.493 e. The Balaban J connectivity index is 1.76. The number of aromatic nitrogens is 1. The Hall–Kier alpha value is -2.54. The third kappa shape index (κ3) is 4.65. The van der Waals surface area contributed by atoms with Crippen LogP contribution in [0.2, 0.25) is 5.02 Å². The third-order valence-electron chi connectivity index (χ3n) is 4.75. The molecule has 0 unspecified atom stereocenters. The highest BCUT2D eigenvalue weighted by molar-refractivity contribution is 6.31. The fourth-order valence-electron chi connectivity index (χ4n) is 3.17. The molecular formula is C20H24ClN3O4. The highest BCUT2D eigenvalue weighted by atomic mass is 35.5. The van der Waals surface area contributed by atoms with Gasteiger partial charge in [-0.3, -0.25) is 9.59 Å². The van der Waals surface area contributed by atoms with E-state index in [1.807, 2.05) is 0 Å². The van der Waals surface area contributed by atoms with Crippen LogP contribution in [0.3, 0.4) is 0 Å². The lowest BCUT2D eigenvalue weighted by Gasteiger charge is -2.22. The van der Waals surface area contributed by atoms with Gasteiger partial charge in [0.05, 0.1) is 12.2 Å². The van der Waals surface area contributed by atoms with Gasteiger partial charge in [-0.05, 0) is 44.4 Å². The molecule has 0 bridgehead atoms. The molecule has 0 N–H and O–H groups in total. The SMILES string of the molecule is Cc1ocnc1C(=O)N1CCCCN(C)C(=O)c2cc(Cl)ccc2OCCC1. The summed E-state index contributed by atoms with van der Waals surface area (Å²) < 4.78 is 11.0. The van der Waals surface area contributed by atoms with Crippen molar-refractivity contribution < 1.29 is 18.7 Å². The third-order valence-corrected chi connectivity index (χ3v) is 4.99. The quantitative estimate of drug-likeness (QED) is 0.726. The van der Waals surface area contributed by atoms with E-state index in [1.165, 1.54) is 6.39 Å². The highest BCUT2D eigenvalue weighted by Gasteiger charge is 2.22. The first-order valence-electron chi connectivity index (χ1n) is 9.34. The molecule has 0 spiro atoms. The molecule has 1 aromatic heterocycles. The van der Waals surface area contributed by atoms with Crippen molar-refractivity contribution in [1.82, 2.24) is 14.8 Å². The molecule has 8 heteroatoms. The minimum absolute atomic E-state index is 0.122. The van der Waals surface area contributed by atoms with Crippen LogP contribution < -0.4 is 4.74 Å². The maximum Gasteiger partial charge on any atom is 0.276 e. The van der Waals surface area contributed by atoms with Crippen LogP contribution in [-0.4, -0.2) is 59.9 Å². The molecule has 28 heavy (non-hydrogen) atoms. The molecule has 3 rings (SSSR count). The summed E-state index contributed by atoms with van der Waals surface area (Å²) in [5.41, 5.74) is 0.804. The van der Waals surface area contributed by atoms with Crippen molar-refractivity contribution in [2.45, 2.75) is 26.2 Å². The molecule has 0 saturated carbocycles. The van der Waals surface area contributed by atoms with Crippen molar-refractivity contribution in [3.8, 4) is 5.75 Å². The summed E-state index contributed by atoms with van der Waals surface area (Å²) >= 11 is 6.07. The first-order chi connectivity index (χ1) is 13.5. The van der Waals surface area contributed by atoms with Gasteiger partial charge >= 0.3 is 0 Å². The standard InChI is InChI=1S/C20H24ClN3O4/c1-14-18(22-13-28-14)20(26)24-9-4-3-8-23(2)19(25)16-12-15(21)6-7-17(16)27-11-5-10-24/h6-7,12-13H,3-5,8-11H2,1-2H3. The molecule has 7 nitrogen and oxygen atoms in total. The van der Waals surface area contributed by atoms with Crippen LogP contribution in [-0.2, 0) is 0 Å². The number of amides is 2. The van der Waals surface area contributed by atoms with E-state index in [9.17, 15) is 9.59 Å². The summed E-state index contributed by atoms with van der Waals surface area (Å²) in [4.78, 5) is 33.0. The van der Waals surface area contributed by atoms with Gasteiger partial charge in [-0.15, -0.1) is 0 Å². The normalized spacial score (nSPS) is 16.5. The number of oxazole rings is 1. The van der Waals surface area contributed by atoms with Gasteiger partial charge in [0.2, 0.25) is 0 Å². The molecule has 2 heterocycles. The number of fused-ring (bicyclic) bond motifs is 1. The van der Waals surface area contributed by atoms with Gasteiger partial charge in [0.1, 0.15) is 11.5 Å². The fraction of sp³-hybridized carbons (Fsp3) is 0.450. The molecule has 1 aliphatic rings. The minimum atomic E-state index is -0.141. The van der Waals surface area contributed by atoms with Gasteiger partial charge in [-0.1, -0.05) is 11.6 Å². The van der Waals surface area contributed by atoms with Gasteiger partial charge < -0.3 is 19.0 Å². The van der Waals surface area contributed by atoms with Crippen molar-refractivity contribution in [2.24, 2.45) is 0 Å². The van der Waals surface area contributed by atoms with Crippen LogP contribution in [0.1, 0.15) is 45.9 Å². The number of benzene rings is 1. The Morgan fingerprint density at radius 3 is 2.68 bits per heavy atom.